The monoisotopic (exact) mass is 304 g/mol. The summed E-state index contributed by atoms with van der Waals surface area (Å²) in [6, 6.07) is 5.84. The summed E-state index contributed by atoms with van der Waals surface area (Å²) in [5, 5.41) is 8.80. The molecule has 3 aromatic rings. The lowest BCUT2D eigenvalue weighted by Crippen LogP contribution is -1.97. The number of nitrogens with zero attached hydrogens (tertiary/aromatic N) is 3. The second kappa shape index (κ2) is 4.68. The Bertz CT molecular complexity index is 879. The largest absolute Gasteiger partial charge is 0.303 e. The van der Waals surface area contributed by atoms with Gasteiger partial charge in [-0.3, -0.25) is 10.1 Å². The number of aromatic amines is 1. The van der Waals surface area contributed by atoms with E-state index in [1.807, 2.05) is 43.7 Å². The van der Waals surface area contributed by atoms with E-state index < -0.39 is 0 Å². The molecule has 1 aromatic carbocycles. The van der Waals surface area contributed by atoms with Crippen molar-refractivity contribution < 1.29 is 0 Å². The number of benzene rings is 1. The number of aromatic nitrogens is 4. The van der Waals surface area contributed by atoms with Gasteiger partial charge in [0.15, 0.2) is 10.6 Å². The second-order valence-corrected chi connectivity index (χ2v) is 5.66. The van der Waals surface area contributed by atoms with Gasteiger partial charge in [-0.1, -0.05) is 11.6 Å². The van der Waals surface area contributed by atoms with Crippen LogP contribution in [-0.4, -0.2) is 19.7 Å². The first-order chi connectivity index (χ1) is 9.47. The number of nitrogens with one attached hydrogen (secondary N) is 1. The fourth-order valence-corrected chi connectivity index (χ4v) is 2.76. The first-order valence-corrected chi connectivity index (χ1v) is 6.95. The van der Waals surface area contributed by atoms with Crippen LogP contribution in [0.15, 0.2) is 18.2 Å². The lowest BCUT2D eigenvalue weighted by molar-refractivity contribution is 0.902. The lowest BCUT2D eigenvalue weighted by Gasteiger charge is -2.10. The Balaban J connectivity index is 2.46. The van der Waals surface area contributed by atoms with Gasteiger partial charge in [0, 0.05) is 28.7 Å². The minimum atomic E-state index is 0.585. The van der Waals surface area contributed by atoms with Gasteiger partial charge < -0.3 is 4.57 Å². The predicted octanol–water partition coefficient (Wildman–Crippen LogP) is 3.96. The van der Waals surface area contributed by atoms with Crippen molar-refractivity contribution >= 4 is 34.7 Å². The highest BCUT2D eigenvalue weighted by molar-refractivity contribution is 7.71. The smallest absolute Gasteiger partial charge is 0.195 e. The number of rotatable bonds is 1. The summed E-state index contributed by atoms with van der Waals surface area (Å²) in [4.78, 5) is 4.61. The SMILES string of the molecule is Cc1cc(-c2n[nH]c(=S)n2C)c2cc(Cl)cc(C)c2n1. The predicted molar refractivity (Wildman–Crippen MR) is 83.6 cm³/mol. The van der Waals surface area contributed by atoms with Crippen molar-refractivity contribution in [2.24, 2.45) is 7.05 Å². The third kappa shape index (κ3) is 2.03. The average molecular weight is 305 g/mol. The molecule has 0 fully saturated rings. The first kappa shape index (κ1) is 13.3. The van der Waals surface area contributed by atoms with Crippen LogP contribution in [-0.2, 0) is 7.05 Å². The summed E-state index contributed by atoms with van der Waals surface area (Å²) in [6.45, 7) is 3.98. The zero-order valence-electron chi connectivity index (χ0n) is 11.4. The van der Waals surface area contributed by atoms with Gasteiger partial charge in [0.05, 0.1) is 5.52 Å². The number of hydrogen-bond acceptors (Lipinski definition) is 3. The minimum Gasteiger partial charge on any atom is -0.303 e. The van der Waals surface area contributed by atoms with Crippen molar-refractivity contribution in [3.05, 3.63) is 39.3 Å². The minimum absolute atomic E-state index is 0.585. The first-order valence-electron chi connectivity index (χ1n) is 6.16. The maximum absolute atomic E-state index is 6.18. The fraction of sp³-hybridized carbons (Fsp3) is 0.214. The molecule has 3 rings (SSSR count). The number of aryl methyl sites for hydroxylation is 2. The van der Waals surface area contributed by atoms with E-state index in [1.165, 1.54) is 0 Å². The molecule has 0 radical (unpaired) electrons. The van der Waals surface area contributed by atoms with Gasteiger partial charge in [0.25, 0.3) is 0 Å². The molecule has 1 N–H and O–H groups in total. The second-order valence-electron chi connectivity index (χ2n) is 4.84. The molecule has 0 aliphatic carbocycles. The van der Waals surface area contributed by atoms with Crippen molar-refractivity contribution in [3.63, 3.8) is 0 Å². The zero-order valence-corrected chi connectivity index (χ0v) is 12.9. The molecule has 0 bridgehead atoms. The molecular weight excluding hydrogens is 292 g/mol. The van der Waals surface area contributed by atoms with E-state index >= 15 is 0 Å². The molecule has 4 nitrogen and oxygen atoms in total. The van der Waals surface area contributed by atoms with E-state index in [9.17, 15) is 0 Å². The average Bonchev–Trinajstić information content (AvgIpc) is 2.70. The van der Waals surface area contributed by atoms with Crippen LogP contribution in [0.1, 0.15) is 11.3 Å². The normalized spacial score (nSPS) is 11.2. The molecular formula is C14H13ClN4S. The molecule has 2 aromatic heterocycles. The van der Waals surface area contributed by atoms with Crippen LogP contribution in [0.2, 0.25) is 5.02 Å². The van der Waals surface area contributed by atoms with E-state index in [2.05, 4.69) is 15.2 Å². The van der Waals surface area contributed by atoms with Gasteiger partial charge in [0.2, 0.25) is 0 Å². The standard InChI is InChI=1S/C14H13ClN4S/c1-7-4-9(15)6-10-11(5-8(2)16-12(7)10)13-17-18-14(20)19(13)3/h4-6H,1-3H3,(H,18,20). The highest BCUT2D eigenvalue weighted by Gasteiger charge is 2.13. The van der Waals surface area contributed by atoms with Gasteiger partial charge >= 0.3 is 0 Å². The van der Waals surface area contributed by atoms with Gasteiger partial charge in [-0.25, -0.2) is 0 Å². The molecule has 0 amide bonds. The van der Waals surface area contributed by atoms with Crippen LogP contribution in [0, 0.1) is 18.6 Å². The Morgan fingerprint density at radius 1 is 1.25 bits per heavy atom. The molecule has 0 aliphatic heterocycles. The maximum Gasteiger partial charge on any atom is 0.195 e. The van der Waals surface area contributed by atoms with Crippen LogP contribution < -0.4 is 0 Å². The van der Waals surface area contributed by atoms with Crippen molar-refractivity contribution in [2.75, 3.05) is 0 Å². The Morgan fingerprint density at radius 3 is 2.65 bits per heavy atom. The van der Waals surface area contributed by atoms with E-state index in [0.717, 1.165) is 33.5 Å². The van der Waals surface area contributed by atoms with Crippen molar-refractivity contribution in [2.45, 2.75) is 13.8 Å². The van der Waals surface area contributed by atoms with Gasteiger partial charge in [-0.05, 0) is 49.8 Å². The summed E-state index contributed by atoms with van der Waals surface area (Å²) in [5.41, 5.74) is 3.91. The molecule has 0 unspecified atom stereocenters. The highest BCUT2D eigenvalue weighted by atomic mass is 35.5. The summed E-state index contributed by atoms with van der Waals surface area (Å²) in [6.07, 6.45) is 0. The van der Waals surface area contributed by atoms with E-state index in [0.29, 0.717) is 9.79 Å². The fourth-order valence-electron chi connectivity index (χ4n) is 2.36. The van der Waals surface area contributed by atoms with E-state index in [4.69, 9.17) is 23.8 Å². The van der Waals surface area contributed by atoms with Gasteiger partial charge in [-0.2, -0.15) is 5.10 Å². The molecule has 20 heavy (non-hydrogen) atoms. The molecule has 6 heteroatoms. The summed E-state index contributed by atoms with van der Waals surface area (Å²) >= 11 is 11.4. The molecule has 0 saturated heterocycles. The van der Waals surface area contributed by atoms with Crippen molar-refractivity contribution in [1.29, 1.82) is 0 Å². The van der Waals surface area contributed by atoms with Crippen molar-refractivity contribution in [1.82, 2.24) is 19.7 Å². The van der Waals surface area contributed by atoms with Crippen LogP contribution >= 0.6 is 23.8 Å². The number of hydrogen-bond donors (Lipinski definition) is 1. The van der Waals surface area contributed by atoms with E-state index in [-0.39, 0.29) is 0 Å². The third-order valence-corrected chi connectivity index (χ3v) is 3.90. The topological polar surface area (TPSA) is 46.5 Å². The Morgan fingerprint density at radius 2 is 2.00 bits per heavy atom. The maximum atomic E-state index is 6.18. The molecule has 0 saturated carbocycles. The van der Waals surface area contributed by atoms with Gasteiger partial charge in [0.1, 0.15) is 0 Å². The van der Waals surface area contributed by atoms with Crippen LogP contribution in [0.25, 0.3) is 22.3 Å². The summed E-state index contributed by atoms with van der Waals surface area (Å²) in [5.74, 6) is 0.784. The lowest BCUT2D eigenvalue weighted by atomic mass is 10.0. The molecule has 0 atom stereocenters. The quantitative estimate of drug-likeness (QED) is 0.692. The number of H-pyrrole nitrogens is 1. The summed E-state index contributed by atoms with van der Waals surface area (Å²) < 4.78 is 2.43. The zero-order chi connectivity index (χ0) is 14.4. The molecule has 2 heterocycles. The van der Waals surface area contributed by atoms with Crippen LogP contribution in [0.4, 0.5) is 0 Å². The Labute approximate surface area is 126 Å². The van der Waals surface area contributed by atoms with Crippen molar-refractivity contribution in [3.8, 4) is 11.4 Å². The van der Waals surface area contributed by atoms with Gasteiger partial charge in [-0.15, -0.1) is 0 Å². The van der Waals surface area contributed by atoms with E-state index in [1.54, 1.807) is 0 Å². The number of fused-ring (bicyclic) bond motifs is 1. The summed E-state index contributed by atoms with van der Waals surface area (Å²) in [7, 11) is 1.89. The Hall–Kier alpha value is -1.72. The Kier molecular flexibility index (Phi) is 3.11. The van der Waals surface area contributed by atoms with Crippen LogP contribution in [0.5, 0.6) is 0 Å². The molecule has 102 valence electrons. The third-order valence-electron chi connectivity index (χ3n) is 3.32. The number of halogens is 1. The molecule has 0 aliphatic rings. The van der Waals surface area contributed by atoms with Crippen LogP contribution in [0.3, 0.4) is 0 Å². The highest BCUT2D eigenvalue weighted by Crippen LogP contribution is 2.31. The number of pyridine rings is 1. The molecule has 0 spiro atoms.